The Bertz CT molecular complexity index is 448. The van der Waals surface area contributed by atoms with Gasteiger partial charge in [-0.3, -0.25) is 4.68 Å². The Morgan fingerprint density at radius 3 is 2.79 bits per heavy atom. The Balaban J connectivity index is 2.22. The maximum atomic E-state index is 5.69. The van der Waals surface area contributed by atoms with Crippen molar-refractivity contribution < 1.29 is 0 Å². The van der Waals surface area contributed by atoms with Crippen molar-refractivity contribution in [3.63, 3.8) is 0 Å². The number of aryl methyl sites for hydroxylation is 2. The van der Waals surface area contributed by atoms with Gasteiger partial charge in [0.1, 0.15) is 6.54 Å². The molecular formula is C8H9ClN4S. The molecule has 2 rings (SSSR count). The number of hydrogen-bond acceptors (Lipinski definition) is 4. The Hall–Kier alpha value is -0.940. The molecular weight excluding hydrogens is 220 g/mol. The van der Waals surface area contributed by atoms with Crippen LogP contribution in [0.3, 0.4) is 0 Å². The molecule has 14 heavy (non-hydrogen) atoms. The van der Waals surface area contributed by atoms with Crippen molar-refractivity contribution in [1.82, 2.24) is 19.1 Å². The molecule has 0 unspecified atom stereocenters. The summed E-state index contributed by atoms with van der Waals surface area (Å²) < 4.78 is 6.44. The van der Waals surface area contributed by atoms with Crippen LogP contribution >= 0.6 is 23.1 Å². The summed E-state index contributed by atoms with van der Waals surface area (Å²) in [5.74, 6) is 0.714. The summed E-state index contributed by atoms with van der Waals surface area (Å²) in [7, 11) is 0. The van der Waals surface area contributed by atoms with Crippen LogP contribution in [0.25, 0.3) is 0 Å². The van der Waals surface area contributed by atoms with E-state index in [-0.39, 0.29) is 0 Å². The first-order valence-corrected chi connectivity index (χ1v) is 5.29. The molecule has 4 nitrogen and oxygen atoms in total. The molecule has 2 aromatic heterocycles. The van der Waals surface area contributed by atoms with Crippen molar-refractivity contribution in [3.8, 4) is 0 Å². The van der Waals surface area contributed by atoms with Crippen molar-refractivity contribution in [2.75, 3.05) is 0 Å². The van der Waals surface area contributed by atoms with Gasteiger partial charge in [-0.25, -0.2) is 4.98 Å². The van der Waals surface area contributed by atoms with Gasteiger partial charge in [0, 0.05) is 5.69 Å². The summed E-state index contributed by atoms with van der Waals surface area (Å²) in [4.78, 5) is 4.07. The zero-order valence-electron chi connectivity index (χ0n) is 7.86. The predicted molar refractivity (Wildman–Crippen MR) is 55.7 cm³/mol. The van der Waals surface area contributed by atoms with Gasteiger partial charge in [0.15, 0.2) is 5.82 Å². The van der Waals surface area contributed by atoms with E-state index in [1.165, 1.54) is 11.5 Å². The van der Waals surface area contributed by atoms with Crippen molar-refractivity contribution >= 4 is 23.1 Å². The molecule has 0 aliphatic heterocycles. The fraction of sp³-hybridized carbons (Fsp3) is 0.375. The Kier molecular flexibility index (Phi) is 2.52. The van der Waals surface area contributed by atoms with Gasteiger partial charge in [0.05, 0.1) is 5.69 Å². The molecule has 0 radical (unpaired) electrons. The maximum Gasteiger partial charge on any atom is 0.203 e. The van der Waals surface area contributed by atoms with Crippen LogP contribution in [0.1, 0.15) is 17.2 Å². The normalized spacial score (nSPS) is 10.8. The molecule has 0 saturated heterocycles. The number of nitrogens with zero attached hydrogens (tertiary/aromatic N) is 4. The van der Waals surface area contributed by atoms with Crippen molar-refractivity contribution in [2.45, 2.75) is 20.4 Å². The summed E-state index contributed by atoms with van der Waals surface area (Å²) in [6.45, 7) is 4.56. The molecule has 2 aromatic rings. The standard InChI is InChI=1S/C8H9ClN4S/c1-5-3-6(2)13(11-5)4-7-10-8(9)14-12-7/h3H,4H2,1-2H3. The Labute approximate surface area is 90.7 Å². The molecule has 74 valence electrons. The average Bonchev–Trinajstić information content (AvgIpc) is 2.61. The quantitative estimate of drug-likeness (QED) is 0.790. The number of rotatable bonds is 2. The van der Waals surface area contributed by atoms with Crippen LogP contribution in [-0.4, -0.2) is 19.1 Å². The first kappa shape index (κ1) is 9.61. The third-order valence-corrected chi connectivity index (χ3v) is 2.67. The Morgan fingerprint density at radius 1 is 1.50 bits per heavy atom. The second-order valence-electron chi connectivity index (χ2n) is 3.05. The van der Waals surface area contributed by atoms with Crippen LogP contribution in [0.2, 0.25) is 4.47 Å². The highest BCUT2D eigenvalue weighted by Gasteiger charge is 2.05. The van der Waals surface area contributed by atoms with Gasteiger partial charge in [-0.1, -0.05) is 0 Å². The highest BCUT2D eigenvalue weighted by molar-refractivity contribution is 7.10. The van der Waals surface area contributed by atoms with E-state index in [9.17, 15) is 0 Å². The van der Waals surface area contributed by atoms with Gasteiger partial charge in [-0.2, -0.15) is 9.47 Å². The van der Waals surface area contributed by atoms with E-state index in [1.54, 1.807) is 0 Å². The Morgan fingerprint density at radius 2 is 2.29 bits per heavy atom. The number of hydrogen-bond donors (Lipinski definition) is 0. The van der Waals surface area contributed by atoms with Gasteiger partial charge >= 0.3 is 0 Å². The summed E-state index contributed by atoms with van der Waals surface area (Å²) in [6, 6.07) is 2.02. The highest BCUT2D eigenvalue weighted by atomic mass is 35.5. The third-order valence-electron chi connectivity index (χ3n) is 1.84. The zero-order chi connectivity index (χ0) is 10.1. The molecule has 6 heteroatoms. The molecule has 0 aliphatic rings. The van der Waals surface area contributed by atoms with Crippen molar-refractivity contribution in [3.05, 3.63) is 27.7 Å². The van der Waals surface area contributed by atoms with Gasteiger partial charge in [0.25, 0.3) is 0 Å². The van der Waals surface area contributed by atoms with Gasteiger partial charge in [-0.15, -0.1) is 0 Å². The van der Waals surface area contributed by atoms with Gasteiger partial charge in [0.2, 0.25) is 4.47 Å². The SMILES string of the molecule is Cc1cc(C)n(Cc2nsc(Cl)n2)n1. The molecule has 0 N–H and O–H groups in total. The summed E-state index contributed by atoms with van der Waals surface area (Å²) >= 11 is 6.89. The lowest BCUT2D eigenvalue weighted by molar-refractivity contribution is 0.638. The minimum atomic E-state index is 0.474. The molecule has 0 saturated carbocycles. The monoisotopic (exact) mass is 228 g/mol. The molecule has 0 atom stereocenters. The van der Waals surface area contributed by atoms with Crippen LogP contribution in [-0.2, 0) is 6.54 Å². The summed E-state index contributed by atoms with van der Waals surface area (Å²) in [5.41, 5.74) is 2.11. The highest BCUT2D eigenvalue weighted by Crippen LogP contribution is 2.12. The second kappa shape index (κ2) is 3.67. The lowest BCUT2D eigenvalue weighted by Crippen LogP contribution is -2.05. The third kappa shape index (κ3) is 1.93. The number of halogens is 1. The van der Waals surface area contributed by atoms with E-state index in [4.69, 9.17) is 11.6 Å². The second-order valence-corrected chi connectivity index (χ2v) is 4.38. The van der Waals surface area contributed by atoms with Crippen LogP contribution in [0, 0.1) is 13.8 Å². The summed E-state index contributed by atoms with van der Waals surface area (Å²) in [5, 5.41) is 4.31. The molecule has 2 heterocycles. The van der Waals surface area contributed by atoms with E-state index in [0.29, 0.717) is 16.8 Å². The van der Waals surface area contributed by atoms with Crippen LogP contribution < -0.4 is 0 Å². The van der Waals surface area contributed by atoms with E-state index < -0.39 is 0 Å². The molecule has 0 aromatic carbocycles. The molecule has 0 fully saturated rings. The lowest BCUT2D eigenvalue weighted by Gasteiger charge is -1.98. The first-order chi connectivity index (χ1) is 6.65. The zero-order valence-corrected chi connectivity index (χ0v) is 9.43. The van der Waals surface area contributed by atoms with Crippen LogP contribution in [0.5, 0.6) is 0 Å². The van der Waals surface area contributed by atoms with Crippen molar-refractivity contribution in [1.29, 1.82) is 0 Å². The largest absolute Gasteiger partial charge is 0.262 e. The van der Waals surface area contributed by atoms with E-state index >= 15 is 0 Å². The fourth-order valence-electron chi connectivity index (χ4n) is 1.27. The average molecular weight is 229 g/mol. The van der Waals surface area contributed by atoms with Crippen molar-refractivity contribution in [2.24, 2.45) is 0 Å². The fourth-order valence-corrected chi connectivity index (χ4v) is 1.89. The van der Waals surface area contributed by atoms with Crippen LogP contribution in [0.4, 0.5) is 0 Å². The summed E-state index contributed by atoms with van der Waals surface area (Å²) in [6.07, 6.45) is 0. The molecule has 0 aliphatic carbocycles. The van der Waals surface area contributed by atoms with Gasteiger partial charge in [-0.05, 0) is 43.0 Å². The molecule has 0 amide bonds. The maximum absolute atomic E-state index is 5.69. The first-order valence-electron chi connectivity index (χ1n) is 4.14. The molecule has 0 bridgehead atoms. The lowest BCUT2D eigenvalue weighted by atomic mass is 10.4. The molecule has 0 spiro atoms. The van der Waals surface area contributed by atoms with Gasteiger partial charge < -0.3 is 0 Å². The minimum Gasteiger partial charge on any atom is -0.262 e. The van der Waals surface area contributed by atoms with E-state index in [0.717, 1.165) is 11.4 Å². The smallest absolute Gasteiger partial charge is 0.203 e. The minimum absolute atomic E-state index is 0.474. The van der Waals surface area contributed by atoms with E-state index in [2.05, 4.69) is 14.5 Å². The van der Waals surface area contributed by atoms with E-state index in [1.807, 2.05) is 24.6 Å². The topological polar surface area (TPSA) is 43.6 Å². The van der Waals surface area contributed by atoms with Crippen LogP contribution in [0.15, 0.2) is 6.07 Å². The number of aromatic nitrogens is 4. The predicted octanol–water partition coefficient (Wildman–Crippen LogP) is 2.05.